The molecule has 2 rings (SSSR count). The number of rotatable bonds is 11. The molecular weight excluding hydrogens is 496 g/mol. The van der Waals surface area contributed by atoms with E-state index in [0.717, 1.165) is 25.5 Å². The second-order valence-corrected chi connectivity index (χ2v) is 9.12. The molecule has 0 spiro atoms. The van der Waals surface area contributed by atoms with Crippen molar-refractivity contribution in [1.29, 1.82) is 0 Å². The normalized spacial score (nSPS) is 14.5. The number of benzene rings is 1. The Morgan fingerprint density at radius 1 is 1.29 bits per heavy atom. The van der Waals surface area contributed by atoms with E-state index in [4.69, 9.17) is 4.74 Å². The Morgan fingerprint density at radius 2 is 2.04 bits per heavy atom. The van der Waals surface area contributed by atoms with Crippen LogP contribution in [0.25, 0.3) is 0 Å². The molecule has 9 heteroatoms. The molecule has 0 atom stereocenters. The Kier molecular flexibility index (Phi) is 11.3. The maximum atomic E-state index is 13.6. The number of sulfone groups is 1. The molecule has 6 nitrogen and oxygen atoms in total. The number of hydrogen-bond donors (Lipinski definition) is 2. The predicted octanol–water partition coefficient (Wildman–Crippen LogP) is 2.86. The Morgan fingerprint density at radius 3 is 2.68 bits per heavy atom. The molecular formula is C19H31FIN3O3S. The van der Waals surface area contributed by atoms with Crippen LogP contribution in [0.1, 0.15) is 37.3 Å². The lowest BCUT2D eigenvalue weighted by Crippen LogP contribution is -2.38. The van der Waals surface area contributed by atoms with E-state index in [1.807, 2.05) is 6.92 Å². The monoisotopic (exact) mass is 527 g/mol. The van der Waals surface area contributed by atoms with Gasteiger partial charge in [0.1, 0.15) is 5.82 Å². The number of aliphatic imine (C=N–C) groups is 1. The number of halogens is 2. The maximum absolute atomic E-state index is 13.6. The van der Waals surface area contributed by atoms with Crippen molar-refractivity contribution in [1.82, 2.24) is 10.6 Å². The summed E-state index contributed by atoms with van der Waals surface area (Å²) in [5, 5.41) is 6.36. The van der Waals surface area contributed by atoms with Crippen LogP contribution in [0, 0.1) is 11.7 Å². The molecule has 1 aliphatic carbocycles. The van der Waals surface area contributed by atoms with Gasteiger partial charge in [-0.05, 0) is 55.4 Å². The van der Waals surface area contributed by atoms with Crippen molar-refractivity contribution in [3.63, 3.8) is 0 Å². The molecule has 0 aliphatic heterocycles. The summed E-state index contributed by atoms with van der Waals surface area (Å²) < 4.78 is 42.4. The molecule has 0 radical (unpaired) electrons. The van der Waals surface area contributed by atoms with Gasteiger partial charge in [0.15, 0.2) is 15.8 Å². The van der Waals surface area contributed by atoms with E-state index in [9.17, 15) is 12.8 Å². The summed E-state index contributed by atoms with van der Waals surface area (Å²) in [4.78, 5) is 4.46. The number of guanidine groups is 1. The third kappa shape index (κ3) is 10.6. The molecule has 28 heavy (non-hydrogen) atoms. The van der Waals surface area contributed by atoms with Crippen molar-refractivity contribution in [2.75, 3.05) is 32.6 Å². The first kappa shape index (κ1) is 25.1. The molecule has 0 saturated heterocycles. The lowest BCUT2D eigenvalue weighted by Gasteiger charge is -2.12. The highest BCUT2D eigenvalue weighted by Gasteiger charge is 2.20. The third-order valence-electron chi connectivity index (χ3n) is 4.15. The maximum Gasteiger partial charge on any atom is 0.191 e. The van der Waals surface area contributed by atoms with Crippen LogP contribution in [-0.4, -0.2) is 46.9 Å². The van der Waals surface area contributed by atoms with Crippen molar-refractivity contribution < 1.29 is 17.5 Å². The van der Waals surface area contributed by atoms with Crippen molar-refractivity contribution >= 4 is 39.8 Å². The third-order valence-corrected chi connectivity index (χ3v) is 4.98. The Labute approximate surface area is 184 Å². The number of hydrogen-bond acceptors (Lipinski definition) is 4. The van der Waals surface area contributed by atoms with Gasteiger partial charge in [-0.3, -0.25) is 0 Å². The molecule has 1 aromatic carbocycles. The van der Waals surface area contributed by atoms with Gasteiger partial charge in [0.2, 0.25) is 0 Å². The summed E-state index contributed by atoms with van der Waals surface area (Å²) in [6, 6.07) is 4.14. The molecule has 0 aromatic heterocycles. The Hall–Kier alpha value is -0.940. The van der Waals surface area contributed by atoms with Gasteiger partial charge in [0, 0.05) is 32.6 Å². The fourth-order valence-electron chi connectivity index (χ4n) is 2.59. The van der Waals surface area contributed by atoms with Crippen LogP contribution >= 0.6 is 24.0 Å². The first-order chi connectivity index (χ1) is 12.9. The van der Waals surface area contributed by atoms with Gasteiger partial charge in [-0.25, -0.2) is 17.8 Å². The minimum Gasteiger partial charge on any atom is -0.381 e. The average Bonchev–Trinajstić information content (AvgIpc) is 3.41. The highest BCUT2D eigenvalue weighted by molar-refractivity contribution is 14.0. The quantitative estimate of drug-likeness (QED) is 0.200. The predicted molar refractivity (Wildman–Crippen MR) is 121 cm³/mol. The van der Waals surface area contributed by atoms with Gasteiger partial charge in [-0.1, -0.05) is 6.07 Å². The van der Waals surface area contributed by atoms with Gasteiger partial charge in [-0.15, -0.1) is 24.0 Å². The first-order valence-corrected chi connectivity index (χ1v) is 11.5. The summed E-state index contributed by atoms with van der Waals surface area (Å²) in [5.74, 6) is 0.863. The number of ether oxygens (including phenoxy) is 1. The second kappa shape index (κ2) is 12.6. The lowest BCUT2D eigenvalue weighted by molar-refractivity contribution is 0.123. The zero-order valence-electron chi connectivity index (χ0n) is 16.5. The van der Waals surface area contributed by atoms with Crippen molar-refractivity contribution in [2.24, 2.45) is 10.9 Å². The molecule has 160 valence electrons. The molecule has 2 N–H and O–H groups in total. The van der Waals surface area contributed by atoms with Crippen LogP contribution in [0.3, 0.4) is 0 Å². The zero-order chi connectivity index (χ0) is 19.7. The Balaban J connectivity index is 0.00000392. The van der Waals surface area contributed by atoms with Gasteiger partial charge in [0.05, 0.1) is 12.3 Å². The molecule has 1 saturated carbocycles. The number of nitrogens with one attached hydrogen (secondary N) is 2. The zero-order valence-corrected chi connectivity index (χ0v) is 19.7. The standard InChI is InChI=1S/C19H30FN3O3S.HI/c1-3-21-19(22-9-4-10-26-13-15-5-6-15)23-12-17-11-18(20)8-7-16(17)14-27(2,24)25;/h7-8,11,15H,3-6,9-10,12-14H2,1-2H3,(H2,21,22,23);1H. The molecule has 1 fully saturated rings. The van der Waals surface area contributed by atoms with E-state index in [0.29, 0.717) is 30.2 Å². The molecule has 1 aromatic rings. The van der Waals surface area contributed by atoms with Crippen molar-refractivity contribution in [3.8, 4) is 0 Å². The minimum atomic E-state index is -3.20. The highest BCUT2D eigenvalue weighted by Crippen LogP contribution is 2.28. The van der Waals surface area contributed by atoms with Crippen LogP contribution in [-0.2, 0) is 26.9 Å². The van der Waals surface area contributed by atoms with Crippen LogP contribution in [0.15, 0.2) is 23.2 Å². The average molecular weight is 527 g/mol. The van der Waals surface area contributed by atoms with E-state index < -0.39 is 15.7 Å². The van der Waals surface area contributed by atoms with Crippen LogP contribution < -0.4 is 10.6 Å². The minimum absolute atomic E-state index is 0. The van der Waals surface area contributed by atoms with E-state index in [1.165, 1.54) is 37.3 Å². The van der Waals surface area contributed by atoms with Gasteiger partial charge in [0.25, 0.3) is 0 Å². The van der Waals surface area contributed by atoms with Gasteiger partial charge in [-0.2, -0.15) is 0 Å². The largest absolute Gasteiger partial charge is 0.381 e. The van der Waals surface area contributed by atoms with Crippen molar-refractivity contribution in [2.45, 2.75) is 38.5 Å². The molecule has 0 amide bonds. The van der Waals surface area contributed by atoms with E-state index in [2.05, 4.69) is 15.6 Å². The van der Waals surface area contributed by atoms with Crippen LogP contribution in [0.2, 0.25) is 0 Å². The Bertz CT molecular complexity index is 740. The molecule has 1 aliphatic rings. The summed E-state index contributed by atoms with van der Waals surface area (Å²) in [6.07, 6.45) is 4.62. The smallest absolute Gasteiger partial charge is 0.191 e. The first-order valence-electron chi connectivity index (χ1n) is 9.42. The topological polar surface area (TPSA) is 79.8 Å². The fourth-order valence-corrected chi connectivity index (χ4v) is 3.43. The van der Waals surface area contributed by atoms with E-state index in [1.54, 1.807) is 0 Å². The summed E-state index contributed by atoms with van der Waals surface area (Å²) in [7, 11) is -3.20. The SMILES string of the molecule is CCNC(=NCc1cc(F)ccc1CS(C)(=O)=O)NCCCOCC1CC1.I. The van der Waals surface area contributed by atoms with E-state index >= 15 is 0 Å². The summed E-state index contributed by atoms with van der Waals surface area (Å²) in [5.41, 5.74) is 1.15. The summed E-state index contributed by atoms with van der Waals surface area (Å²) >= 11 is 0. The summed E-state index contributed by atoms with van der Waals surface area (Å²) in [6.45, 7) is 5.16. The molecule has 0 unspecified atom stereocenters. The molecule has 0 bridgehead atoms. The van der Waals surface area contributed by atoms with Gasteiger partial charge < -0.3 is 15.4 Å². The fraction of sp³-hybridized carbons (Fsp3) is 0.632. The number of nitrogens with zero attached hydrogens (tertiary/aromatic N) is 1. The lowest BCUT2D eigenvalue weighted by atomic mass is 10.1. The second-order valence-electron chi connectivity index (χ2n) is 6.98. The highest BCUT2D eigenvalue weighted by atomic mass is 127. The van der Waals surface area contributed by atoms with Crippen LogP contribution in [0.4, 0.5) is 4.39 Å². The molecule has 0 heterocycles. The van der Waals surface area contributed by atoms with Crippen LogP contribution in [0.5, 0.6) is 0 Å². The van der Waals surface area contributed by atoms with Crippen molar-refractivity contribution in [3.05, 3.63) is 35.1 Å². The van der Waals surface area contributed by atoms with E-state index in [-0.39, 0.29) is 36.3 Å². The van der Waals surface area contributed by atoms with Gasteiger partial charge >= 0.3 is 0 Å².